The summed E-state index contributed by atoms with van der Waals surface area (Å²) in [4.78, 5) is 34.0. The highest BCUT2D eigenvalue weighted by Gasteiger charge is 2.28. The fourth-order valence-electron chi connectivity index (χ4n) is 4.86. The molecule has 36 heavy (non-hydrogen) atoms. The van der Waals surface area contributed by atoms with Crippen LogP contribution in [0.15, 0.2) is 57.3 Å². The molecule has 0 saturated carbocycles. The lowest BCUT2D eigenvalue weighted by Crippen LogP contribution is -2.30. The van der Waals surface area contributed by atoms with Gasteiger partial charge in [-0.2, -0.15) is 0 Å². The van der Waals surface area contributed by atoms with Gasteiger partial charge in [0.15, 0.2) is 12.8 Å². The quantitative estimate of drug-likeness (QED) is 0.509. The van der Waals surface area contributed by atoms with Gasteiger partial charge >= 0.3 is 11.9 Å². The van der Waals surface area contributed by atoms with E-state index < -0.39 is 0 Å². The van der Waals surface area contributed by atoms with Crippen LogP contribution < -0.4 is 0 Å². The number of carbonyl (C=O) groups is 2. The summed E-state index contributed by atoms with van der Waals surface area (Å²) in [6.07, 6.45) is 11.4. The van der Waals surface area contributed by atoms with Gasteiger partial charge in [-0.3, -0.25) is 0 Å². The lowest BCUT2D eigenvalue weighted by atomic mass is 9.88. The molecule has 0 N–H and O–H groups in total. The zero-order valence-electron chi connectivity index (χ0n) is 22.1. The van der Waals surface area contributed by atoms with E-state index in [4.69, 9.17) is 18.3 Å². The first-order chi connectivity index (χ1) is 17.1. The van der Waals surface area contributed by atoms with Crippen LogP contribution in [-0.4, -0.2) is 34.1 Å². The van der Waals surface area contributed by atoms with Crippen molar-refractivity contribution in [3.05, 3.63) is 60.0 Å². The lowest BCUT2D eigenvalue weighted by molar-refractivity contribution is -0.147. The largest absolute Gasteiger partial charge is 0.458 e. The van der Waals surface area contributed by atoms with Crippen molar-refractivity contribution in [2.24, 2.45) is 23.7 Å². The minimum absolute atomic E-state index is 0.0199. The topological polar surface area (TPSA) is 105 Å². The highest BCUT2D eigenvalue weighted by Crippen LogP contribution is 2.27. The molecule has 2 aromatic rings. The first-order valence-corrected chi connectivity index (χ1v) is 12.7. The highest BCUT2D eigenvalue weighted by atomic mass is 16.5. The normalized spacial score (nSPS) is 32.1. The van der Waals surface area contributed by atoms with E-state index in [9.17, 15) is 9.59 Å². The number of aromatic nitrogens is 2. The zero-order chi connectivity index (χ0) is 26.2. The summed E-state index contributed by atoms with van der Waals surface area (Å²) in [6.45, 7) is 11.8. The van der Waals surface area contributed by atoms with E-state index >= 15 is 0 Å². The lowest BCUT2D eigenvalue weighted by Gasteiger charge is -2.27. The second-order valence-electron chi connectivity index (χ2n) is 10.3. The maximum Gasteiger partial charge on any atom is 0.333 e. The molecular formula is C28H38N2O6. The molecule has 1 aliphatic heterocycles. The van der Waals surface area contributed by atoms with Gasteiger partial charge in [0, 0.05) is 24.0 Å². The SMILES string of the molecule is C/C1=C/[C@@H](C)C[C@@H](C)C(Cc2cnco2)OC(=O)/C(C)=C/[C@@H](C)C[C@@H](C)[C@@H](Cc2cnco2)OC1=O. The molecule has 8 heteroatoms. The van der Waals surface area contributed by atoms with E-state index in [0.29, 0.717) is 48.3 Å². The standard InChI is InChI=1S/C28H38N2O6/c1-17-7-19(3)25(11-23-13-29-15-33-23)35-28(32)22(6)10-18(2)8-20(4)26(12-24-14-30-16-34-24)36-27(31)21(5)9-17/h9-10,13-20,25-26H,7-8,11-12H2,1-6H3/b21-9-,22-10+/t17-,18-,19+,20+,25?,26+/m0/s1. The third-order valence-corrected chi connectivity index (χ3v) is 6.76. The zero-order valence-corrected chi connectivity index (χ0v) is 22.1. The minimum Gasteiger partial charge on any atom is -0.458 e. The van der Waals surface area contributed by atoms with Crippen molar-refractivity contribution >= 4 is 11.9 Å². The highest BCUT2D eigenvalue weighted by molar-refractivity contribution is 5.88. The molecular weight excluding hydrogens is 460 g/mol. The van der Waals surface area contributed by atoms with Crippen molar-refractivity contribution in [3.8, 4) is 0 Å². The average Bonchev–Trinajstić information content (AvgIpc) is 3.51. The Bertz CT molecular complexity index is 956. The number of nitrogens with zero attached hydrogens (tertiary/aromatic N) is 2. The second-order valence-corrected chi connectivity index (χ2v) is 10.3. The van der Waals surface area contributed by atoms with Crippen LogP contribution in [0, 0.1) is 23.7 Å². The van der Waals surface area contributed by atoms with E-state index in [-0.39, 0.29) is 47.8 Å². The third kappa shape index (κ3) is 7.93. The van der Waals surface area contributed by atoms with Gasteiger partial charge in [0.1, 0.15) is 23.7 Å². The molecule has 1 unspecified atom stereocenters. The van der Waals surface area contributed by atoms with Crippen LogP contribution >= 0.6 is 0 Å². The van der Waals surface area contributed by atoms with Crippen LogP contribution in [0.1, 0.15) is 65.9 Å². The Hall–Kier alpha value is -3.16. The minimum atomic E-state index is -0.384. The predicted molar refractivity (Wildman–Crippen MR) is 134 cm³/mol. The van der Waals surface area contributed by atoms with Crippen molar-refractivity contribution in [2.75, 3.05) is 0 Å². The predicted octanol–water partition coefficient (Wildman–Crippen LogP) is 5.50. The van der Waals surface area contributed by atoms with Gasteiger partial charge in [-0.15, -0.1) is 0 Å². The van der Waals surface area contributed by atoms with Crippen LogP contribution in [-0.2, 0) is 31.9 Å². The number of rotatable bonds is 4. The maximum absolute atomic E-state index is 13.0. The van der Waals surface area contributed by atoms with Crippen molar-refractivity contribution in [3.63, 3.8) is 0 Å². The van der Waals surface area contributed by atoms with Crippen molar-refractivity contribution in [1.29, 1.82) is 0 Å². The number of carbonyl (C=O) groups excluding carboxylic acids is 2. The Balaban J connectivity index is 1.87. The van der Waals surface area contributed by atoms with Crippen LogP contribution in [0.2, 0.25) is 0 Å². The van der Waals surface area contributed by atoms with E-state index in [1.54, 1.807) is 26.2 Å². The first-order valence-electron chi connectivity index (χ1n) is 12.7. The number of hydrogen-bond acceptors (Lipinski definition) is 8. The monoisotopic (exact) mass is 498 g/mol. The van der Waals surface area contributed by atoms with Crippen molar-refractivity contribution in [1.82, 2.24) is 9.97 Å². The van der Waals surface area contributed by atoms with E-state index in [1.807, 2.05) is 39.8 Å². The summed E-state index contributed by atoms with van der Waals surface area (Å²) >= 11 is 0. The van der Waals surface area contributed by atoms with Gasteiger partial charge in [-0.05, 0) is 50.4 Å². The number of esters is 2. The molecule has 8 nitrogen and oxygen atoms in total. The third-order valence-electron chi connectivity index (χ3n) is 6.76. The van der Waals surface area contributed by atoms with Crippen molar-refractivity contribution < 1.29 is 27.9 Å². The van der Waals surface area contributed by atoms with Gasteiger partial charge in [-0.1, -0.05) is 39.8 Å². The molecule has 0 saturated heterocycles. The summed E-state index contributed by atoms with van der Waals surface area (Å²) in [7, 11) is 0. The molecule has 2 aromatic heterocycles. The maximum atomic E-state index is 13.0. The van der Waals surface area contributed by atoms with Crippen LogP contribution in [0.5, 0.6) is 0 Å². The van der Waals surface area contributed by atoms with Crippen LogP contribution in [0.25, 0.3) is 0 Å². The van der Waals surface area contributed by atoms with Crippen LogP contribution in [0.4, 0.5) is 0 Å². The molecule has 3 rings (SSSR count). The first kappa shape index (κ1) is 27.4. The fraction of sp³-hybridized carbons (Fsp3) is 0.571. The number of hydrogen-bond donors (Lipinski definition) is 0. The Morgan fingerprint density at radius 1 is 0.722 bits per heavy atom. The molecule has 0 amide bonds. The molecule has 196 valence electrons. The smallest absolute Gasteiger partial charge is 0.333 e. The van der Waals surface area contributed by atoms with Gasteiger partial charge in [0.2, 0.25) is 0 Å². The molecule has 1 aliphatic rings. The number of oxazole rings is 2. The Morgan fingerprint density at radius 3 is 1.44 bits per heavy atom. The molecule has 0 spiro atoms. The van der Waals surface area contributed by atoms with Gasteiger partial charge < -0.3 is 18.3 Å². The Labute approximate surface area is 213 Å². The summed E-state index contributed by atoms with van der Waals surface area (Å²) in [5.74, 6) is 0.843. The van der Waals surface area contributed by atoms with Gasteiger partial charge in [-0.25, -0.2) is 19.6 Å². The number of cyclic esters (lactones) is 2. The Morgan fingerprint density at radius 2 is 1.11 bits per heavy atom. The van der Waals surface area contributed by atoms with Crippen molar-refractivity contribution in [2.45, 2.75) is 79.4 Å². The van der Waals surface area contributed by atoms with E-state index in [1.165, 1.54) is 12.8 Å². The van der Waals surface area contributed by atoms with Gasteiger partial charge in [0.05, 0.1) is 12.4 Å². The average molecular weight is 499 g/mol. The molecule has 0 aliphatic carbocycles. The summed E-state index contributed by atoms with van der Waals surface area (Å²) < 4.78 is 22.8. The Kier molecular flexibility index (Phi) is 9.67. The molecule has 0 radical (unpaired) electrons. The summed E-state index contributed by atoms with van der Waals surface area (Å²) in [5, 5.41) is 0. The number of allylic oxidation sites excluding steroid dienone is 2. The second kappa shape index (κ2) is 12.7. The molecule has 3 heterocycles. The molecule has 6 atom stereocenters. The molecule has 0 bridgehead atoms. The van der Waals surface area contributed by atoms with Gasteiger partial charge in [0.25, 0.3) is 0 Å². The molecule has 0 aromatic carbocycles. The summed E-state index contributed by atoms with van der Waals surface area (Å²) in [5.41, 5.74) is 1.12. The van der Waals surface area contributed by atoms with Crippen LogP contribution in [0.3, 0.4) is 0 Å². The molecule has 0 fully saturated rings. The van der Waals surface area contributed by atoms with E-state index in [2.05, 4.69) is 9.97 Å². The number of ether oxygens (including phenoxy) is 2. The van der Waals surface area contributed by atoms with E-state index in [0.717, 1.165) is 0 Å². The summed E-state index contributed by atoms with van der Waals surface area (Å²) in [6, 6.07) is 0. The fourth-order valence-corrected chi connectivity index (χ4v) is 4.86.